The number of hydrogen-bond donors (Lipinski definition) is 3. The largest absolute Gasteiger partial charge is 0.494 e. The zero-order chi connectivity index (χ0) is 24.9. The number of rotatable bonds is 3. The van der Waals surface area contributed by atoms with E-state index in [1.54, 1.807) is 20.8 Å². The number of carbonyl (C=O) groups excluding carboxylic acids is 3. The molecule has 3 N–H and O–H groups in total. The summed E-state index contributed by atoms with van der Waals surface area (Å²) in [6, 6.07) is 6.53. The Labute approximate surface area is 201 Å². The van der Waals surface area contributed by atoms with Crippen molar-refractivity contribution in [3.8, 4) is 5.75 Å². The van der Waals surface area contributed by atoms with Crippen LogP contribution in [-0.4, -0.2) is 54.8 Å². The molecule has 0 radical (unpaired) electrons. The standard InChI is InChI=1S/C25H37N3O6/c1-6-16(2)19-21(29)26-13-7-14-32-18-10-8-17(9-11-18)20-25(12-15-33-20,22(30)27-19)28-23(31)34-24(3,4)5/h8-11,16,19-20H,6-7,12-15H2,1-5H3,(H,26,29)(H,27,30)(H,28,31)/t16?,19-,20-,25+/m0/s1. The van der Waals surface area contributed by atoms with E-state index in [4.69, 9.17) is 14.2 Å². The van der Waals surface area contributed by atoms with Gasteiger partial charge in [-0.25, -0.2) is 4.79 Å². The second kappa shape index (κ2) is 10.6. The lowest BCUT2D eigenvalue weighted by atomic mass is 9.85. The lowest BCUT2D eigenvalue weighted by Gasteiger charge is -2.36. The molecule has 0 saturated carbocycles. The van der Waals surface area contributed by atoms with Crippen molar-refractivity contribution in [2.24, 2.45) is 5.92 Å². The number of hydrogen-bond acceptors (Lipinski definition) is 6. The normalized spacial score (nSPS) is 26.7. The van der Waals surface area contributed by atoms with Crippen LogP contribution in [-0.2, 0) is 19.1 Å². The van der Waals surface area contributed by atoms with Gasteiger partial charge in [-0.15, -0.1) is 0 Å². The van der Waals surface area contributed by atoms with Crippen LogP contribution in [0.25, 0.3) is 0 Å². The van der Waals surface area contributed by atoms with Crippen LogP contribution in [0.4, 0.5) is 4.79 Å². The summed E-state index contributed by atoms with van der Waals surface area (Å²) in [7, 11) is 0. The Bertz CT molecular complexity index is 882. The lowest BCUT2D eigenvalue weighted by Crippen LogP contribution is -2.64. The maximum absolute atomic E-state index is 13.9. The van der Waals surface area contributed by atoms with Gasteiger partial charge in [-0.3, -0.25) is 9.59 Å². The summed E-state index contributed by atoms with van der Waals surface area (Å²) >= 11 is 0. The van der Waals surface area contributed by atoms with Crippen molar-refractivity contribution in [1.82, 2.24) is 16.0 Å². The lowest BCUT2D eigenvalue weighted by molar-refractivity contribution is -0.135. The third-order valence-corrected chi connectivity index (χ3v) is 6.21. The van der Waals surface area contributed by atoms with E-state index in [9.17, 15) is 14.4 Å². The molecule has 1 fully saturated rings. The van der Waals surface area contributed by atoms with Crippen molar-refractivity contribution in [2.75, 3.05) is 19.8 Å². The molecule has 3 aliphatic heterocycles. The molecule has 0 spiro atoms. The maximum atomic E-state index is 13.9. The summed E-state index contributed by atoms with van der Waals surface area (Å²) in [4.78, 5) is 39.7. The Morgan fingerprint density at radius 1 is 1.24 bits per heavy atom. The van der Waals surface area contributed by atoms with Gasteiger partial charge in [0.15, 0.2) is 5.54 Å². The highest BCUT2D eigenvalue weighted by atomic mass is 16.6. The molecule has 188 valence electrons. The number of amides is 3. The third-order valence-electron chi connectivity index (χ3n) is 6.21. The van der Waals surface area contributed by atoms with Crippen LogP contribution in [0.15, 0.2) is 24.3 Å². The van der Waals surface area contributed by atoms with E-state index in [1.807, 2.05) is 38.1 Å². The molecule has 9 heteroatoms. The van der Waals surface area contributed by atoms with Crippen LogP contribution >= 0.6 is 0 Å². The first-order valence-electron chi connectivity index (χ1n) is 12.0. The van der Waals surface area contributed by atoms with E-state index >= 15 is 0 Å². The first kappa shape index (κ1) is 25.8. The molecule has 0 aromatic heterocycles. The molecular weight excluding hydrogens is 438 g/mol. The molecule has 3 aliphatic rings. The molecule has 3 amide bonds. The summed E-state index contributed by atoms with van der Waals surface area (Å²) in [6.45, 7) is 10.3. The van der Waals surface area contributed by atoms with Crippen LogP contribution in [0, 0.1) is 5.92 Å². The van der Waals surface area contributed by atoms with Gasteiger partial charge in [-0.1, -0.05) is 32.4 Å². The number of carbonyl (C=O) groups is 3. The second-order valence-electron chi connectivity index (χ2n) is 10.00. The highest BCUT2D eigenvalue weighted by Gasteiger charge is 2.53. The molecule has 9 nitrogen and oxygen atoms in total. The Hall–Kier alpha value is -2.81. The first-order valence-corrected chi connectivity index (χ1v) is 12.0. The summed E-state index contributed by atoms with van der Waals surface area (Å²) in [5.41, 5.74) is -1.48. The fraction of sp³-hybridized carbons (Fsp3) is 0.640. The van der Waals surface area contributed by atoms with Crippen molar-refractivity contribution in [3.05, 3.63) is 29.8 Å². The van der Waals surface area contributed by atoms with Crippen LogP contribution in [0.2, 0.25) is 0 Å². The van der Waals surface area contributed by atoms with E-state index in [-0.39, 0.29) is 24.9 Å². The monoisotopic (exact) mass is 475 g/mol. The van der Waals surface area contributed by atoms with Gasteiger partial charge in [0.05, 0.1) is 13.2 Å². The Morgan fingerprint density at radius 3 is 2.59 bits per heavy atom. The molecule has 3 heterocycles. The minimum atomic E-state index is -1.45. The third kappa shape index (κ3) is 6.00. The molecule has 4 atom stereocenters. The molecule has 1 unspecified atom stereocenters. The predicted molar refractivity (Wildman–Crippen MR) is 126 cm³/mol. The van der Waals surface area contributed by atoms with Gasteiger partial charge in [0.2, 0.25) is 11.8 Å². The van der Waals surface area contributed by atoms with E-state index in [0.29, 0.717) is 31.7 Å². The zero-order valence-electron chi connectivity index (χ0n) is 20.7. The molecule has 2 bridgehead atoms. The van der Waals surface area contributed by atoms with E-state index in [2.05, 4.69) is 16.0 Å². The predicted octanol–water partition coefficient (Wildman–Crippen LogP) is 2.84. The molecule has 1 saturated heterocycles. The molecule has 1 aromatic carbocycles. The summed E-state index contributed by atoms with van der Waals surface area (Å²) in [5, 5.41) is 8.63. The molecule has 34 heavy (non-hydrogen) atoms. The Balaban J connectivity index is 2.02. The Morgan fingerprint density at radius 2 is 1.94 bits per heavy atom. The van der Waals surface area contributed by atoms with Crippen LogP contribution < -0.4 is 20.7 Å². The van der Waals surface area contributed by atoms with Gasteiger partial charge in [-0.05, 0) is 50.8 Å². The molecule has 1 aromatic rings. The van der Waals surface area contributed by atoms with Gasteiger partial charge < -0.3 is 30.2 Å². The van der Waals surface area contributed by atoms with E-state index < -0.39 is 35.3 Å². The van der Waals surface area contributed by atoms with Crippen LogP contribution in [0.1, 0.15) is 65.5 Å². The molecule has 0 aliphatic carbocycles. The highest BCUT2D eigenvalue weighted by Crippen LogP contribution is 2.39. The quantitative estimate of drug-likeness (QED) is 0.619. The van der Waals surface area contributed by atoms with Gasteiger partial charge in [0.1, 0.15) is 23.5 Å². The van der Waals surface area contributed by atoms with Gasteiger partial charge in [0.25, 0.3) is 0 Å². The zero-order valence-corrected chi connectivity index (χ0v) is 20.7. The van der Waals surface area contributed by atoms with Gasteiger partial charge in [-0.2, -0.15) is 0 Å². The maximum Gasteiger partial charge on any atom is 0.408 e. The number of nitrogens with one attached hydrogen (secondary N) is 3. The van der Waals surface area contributed by atoms with Crippen LogP contribution in [0.3, 0.4) is 0 Å². The van der Waals surface area contributed by atoms with Crippen molar-refractivity contribution < 1.29 is 28.6 Å². The van der Waals surface area contributed by atoms with Crippen molar-refractivity contribution >= 4 is 17.9 Å². The topological polar surface area (TPSA) is 115 Å². The second-order valence-corrected chi connectivity index (χ2v) is 10.00. The van der Waals surface area contributed by atoms with Gasteiger partial charge in [0, 0.05) is 13.0 Å². The minimum absolute atomic E-state index is 0.117. The molecular formula is C25H37N3O6. The average Bonchev–Trinajstić information content (AvgIpc) is 3.19. The molecule has 4 rings (SSSR count). The number of fused-ring (bicyclic) bond motifs is 10. The minimum Gasteiger partial charge on any atom is -0.494 e. The van der Waals surface area contributed by atoms with Gasteiger partial charge >= 0.3 is 6.09 Å². The van der Waals surface area contributed by atoms with E-state index in [0.717, 1.165) is 5.56 Å². The van der Waals surface area contributed by atoms with Crippen LogP contribution in [0.5, 0.6) is 5.75 Å². The first-order chi connectivity index (χ1) is 16.1. The fourth-order valence-corrected chi connectivity index (χ4v) is 4.19. The number of alkyl carbamates (subject to hydrolysis) is 1. The van der Waals surface area contributed by atoms with Crippen molar-refractivity contribution in [3.63, 3.8) is 0 Å². The van der Waals surface area contributed by atoms with E-state index in [1.165, 1.54) is 0 Å². The summed E-state index contributed by atoms with van der Waals surface area (Å²) < 4.78 is 17.3. The Kier molecular flexibility index (Phi) is 8.07. The number of ether oxygens (including phenoxy) is 3. The SMILES string of the molecule is CCC(C)[C@@H]1NC(=O)[C@@]2(NC(=O)OC(C)(C)C)CCO[C@H]2c2ccc(cc2)OCCCNC1=O. The summed E-state index contributed by atoms with van der Waals surface area (Å²) in [5.74, 6) is -0.179. The highest BCUT2D eigenvalue weighted by molar-refractivity contribution is 5.95. The van der Waals surface area contributed by atoms with Crippen molar-refractivity contribution in [2.45, 2.75) is 77.2 Å². The smallest absolute Gasteiger partial charge is 0.408 e. The van der Waals surface area contributed by atoms with Crippen molar-refractivity contribution in [1.29, 1.82) is 0 Å². The summed E-state index contributed by atoms with van der Waals surface area (Å²) in [6.07, 6.45) is 0.0653. The number of benzene rings is 1. The fourth-order valence-electron chi connectivity index (χ4n) is 4.19. The average molecular weight is 476 g/mol.